The normalized spacial score (nSPS) is 10.4. The van der Waals surface area contributed by atoms with E-state index in [1.807, 2.05) is 13.8 Å². The van der Waals surface area contributed by atoms with E-state index < -0.39 is 5.82 Å². The van der Waals surface area contributed by atoms with Gasteiger partial charge >= 0.3 is 0 Å². The first-order valence-electron chi connectivity index (χ1n) is 5.26. The first kappa shape index (κ1) is 12.2. The van der Waals surface area contributed by atoms with E-state index in [1.54, 1.807) is 0 Å². The van der Waals surface area contributed by atoms with Gasteiger partial charge < -0.3 is 9.73 Å². The molecule has 0 atom stereocenters. The highest BCUT2D eigenvalue weighted by molar-refractivity contribution is 5.40. The summed E-state index contributed by atoms with van der Waals surface area (Å²) in [5.74, 6) is 5.92. The number of hydrogen-bond donors (Lipinski definition) is 3. The van der Waals surface area contributed by atoms with Crippen LogP contribution in [-0.4, -0.2) is 15.0 Å². The van der Waals surface area contributed by atoms with Crippen molar-refractivity contribution in [1.29, 1.82) is 0 Å². The van der Waals surface area contributed by atoms with Gasteiger partial charge in [-0.3, -0.25) is 5.43 Å². The molecule has 0 saturated carbocycles. The molecule has 0 radical (unpaired) electrons. The topological polar surface area (TPSA) is 102 Å². The fraction of sp³-hybridized carbons (Fsp3) is 0.300. The summed E-state index contributed by atoms with van der Waals surface area (Å²) in [4.78, 5) is 11.6. The smallest absolute Gasteiger partial charge is 0.239 e. The van der Waals surface area contributed by atoms with Gasteiger partial charge in [-0.25, -0.2) is 20.2 Å². The minimum absolute atomic E-state index is 0.0338. The van der Waals surface area contributed by atoms with Crippen molar-refractivity contribution >= 4 is 11.8 Å². The largest absolute Gasteiger partial charge is 0.444 e. The maximum Gasteiger partial charge on any atom is 0.239 e. The van der Waals surface area contributed by atoms with E-state index in [4.69, 9.17) is 10.3 Å². The maximum atomic E-state index is 13.4. The van der Waals surface area contributed by atoms with E-state index in [0.29, 0.717) is 5.89 Å². The summed E-state index contributed by atoms with van der Waals surface area (Å²) in [5.41, 5.74) is 3.04. The third kappa shape index (κ3) is 2.54. The summed E-state index contributed by atoms with van der Waals surface area (Å²) in [6, 6.07) is 0. The molecular weight excluding hydrogens is 239 g/mol. The van der Waals surface area contributed by atoms with Crippen LogP contribution >= 0.6 is 0 Å². The molecule has 0 aliphatic rings. The van der Waals surface area contributed by atoms with E-state index in [0.717, 1.165) is 17.7 Å². The molecule has 0 saturated heterocycles. The number of anilines is 2. The minimum atomic E-state index is -0.575. The Balaban J connectivity index is 2.10. The maximum absolute atomic E-state index is 13.4. The van der Waals surface area contributed by atoms with Crippen molar-refractivity contribution in [1.82, 2.24) is 15.0 Å². The van der Waals surface area contributed by atoms with Gasteiger partial charge in [0.25, 0.3) is 0 Å². The van der Waals surface area contributed by atoms with E-state index in [9.17, 15) is 4.39 Å². The molecule has 0 aliphatic carbocycles. The quantitative estimate of drug-likeness (QED) is 0.553. The van der Waals surface area contributed by atoms with E-state index in [1.165, 1.54) is 0 Å². The number of nitrogen functional groups attached to an aromatic ring is 1. The van der Waals surface area contributed by atoms with Gasteiger partial charge in [0.1, 0.15) is 5.76 Å². The van der Waals surface area contributed by atoms with Gasteiger partial charge in [-0.1, -0.05) is 0 Å². The second kappa shape index (κ2) is 4.96. The van der Waals surface area contributed by atoms with Gasteiger partial charge in [0.05, 0.1) is 18.4 Å². The molecule has 96 valence electrons. The van der Waals surface area contributed by atoms with Crippen LogP contribution in [0.25, 0.3) is 0 Å². The van der Waals surface area contributed by atoms with E-state index >= 15 is 0 Å². The van der Waals surface area contributed by atoms with Crippen molar-refractivity contribution in [2.45, 2.75) is 20.4 Å². The number of oxazole rings is 1. The summed E-state index contributed by atoms with van der Waals surface area (Å²) in [6.45, 7) is 3.88. The number of hydrazine groups is 1. The van der Waals surface area contributed by atoms with Crippen LogP contribution in [-0.2, 0) is 6.54 Å². The molecule has 8 heteroatoms. The number of aromatic nitrogens is 3. The molecule has 2 aromatic rings. The highest BCUT2D eigenvalue weighted by Gasteiger charge is 2.09. The average molecular weight is 252 g/mol. The lowest BCUT2D eigenvalue weighted by atomic mass is 10.4. The molecule has 7 nitrogen and oxygen atoms in total. The Hall–Kier alpha value is -2.22. The van der Waals surface area contributed by atoms with Crippen molar-refractivity contribution in [2.24, 2.45) is 5.84 Å². The Morgan fingerprint density at radius 3 is 2.78 bits per heavy atom. The van der Waals surface area contributed by atoms with Crippen molar-refractivity contribution in [3.05, 3.63) is 29.4 Å². The van der Waals surface area contributed by atoms with Crippen LogP contribution in [0.4, 0.5) is 16.2 Å². The summed E-state index contributed by atoms with van der Waals surface area (Å²) < 4.78 is 18.7. The molecule has 0 unspecified atom stereocenters. The molecule has 2 rings (SSSR count). The lowest BCUT2D eigenvalue weighted by molar-refractivity contribution is 0.477. The molecule has 0 fully saturated rings. The number of nitrogens with one attached hydrogen (secondary N) is 2. The van der Waals surface area contributed by atoms with Gasteiger partial charge in [0.15, 0.2) is 11.6 Å². The van der Waals surface area contributed by atoms with Crippen LogP contribution in [0.5, 0.6) is 0 Å². The van der Waals surface area contributed by atoms with Crippen LogP contribution in [0.15, 0.2) is 10.6 Å². The van der Waals surface area contributed by atoms with Crippen molar-refractivity contribution in [3.63, 3.8) is 0 Å². The first-order chi connectivity index (χ1) is 8.60. The van der Waals surface area contributed by atoms with Crippen LogP contribution in [0.1, 0.15) is 17.3 Å². The molecule has 0 aromatic carbocycles. The Bertz CT molecular complexity index is 536. The summed E-state index contributed by atoms with van der Waals surface area (Å²) >= 11 is 0. The zero-order valence-corrected chi connectivity index (χ0v) is 9.99. The monoisotopic (exact) mass is 252 g/mol. The molecule has 0 amide bonds. The van der Waals surface area contributed by atoms with Gasteiger partial charge in [-0.15, -0.1) is 0 Å². The molecular formula is C10H13FN6O. The number of nitrogens with two attached hydrogens (primary N) is 1. The van der Waals surface area contributed by atoms with Crippen LogP contribution < -0.4 is 16.6 Å². The van der Waals surface area contributed by atoms with Gasteiger partial charge in [0, 0.05) is 0 Å². The Kier molecular flexibility index (Phi) is 3.38. The number of nitrogens with zero attached hydrogens (tertiary/aromatic N) is 3. The van der Waals surface area contributed by atoms with E-state index in [-0.39, 0.29) is 18.3 Å². The van der Waals surface area contributed by atoms with Gasteiger partial charge in [-0.2, -0.15) is 4.98 Å². The fourth-order valence-corrected chi connectivity index (χ4v) is 1.33. The molecule has 0 spiro atoms. The highest BCUT2D eigenvalue weighted by atomic mass is 19.1. The standard InChI is InChI=1S/C10H13FN6O/c1-5-6(2)18-8(15-5)4-13-9-7(11)3-14-10(16-9)17-12/h3H,4,12H2,1-2H3,(H2,13,14,16,17). The zero-order valence-electron chi connectivity index (χ0n) is 9.99. The second-order valence-electron chi connectivity index (χ2n) is 3.64. The number of aryl methyl sites for hydroxylation is 2. The summed E-state index contributed by atoms with van der Waals surface area (Å²) in [7, 11) is 0. The number of halogens is 1. The minimum Gasteiger partial charge on any atom is -0.444 e. The van der Waals surface area contributed by atoms with E-state index in [2.05, 4.69) is 25.7 Å². The van der Waals surface area contributed by atoms with Crippen molar-refractivity contribution in [2.75, 3.05) is 10.7 Å². The molecule has 2 aromatic heterocycles. The van der Waals surface area contributed by atoms with Crippen LogP contribution in [0.3, 0.4) is 0 Å². The van der Waals surface area contributed by atoms with Crippen molar-refractivity contribution in [3.8, 4) is 0 Å². The summed E-state index contributed by atoms with van der Waals surface area (Å²) in [6.07, 6.45) is 1.02. The Labute approximate surface area is 103 Å². The SMILES string of the molecule is Cc1nc(CNc2nc(NN)ncc2F)oc1C. The van der Waals surface area contributed by atoms with Crippen molar-refractivity contribution < 1.29 is 8.81 Å². The predicted molar refractivity (Wildman–Crippen MR) is 63.1 cm³/mol. The second-order valence-corrected chi connectivity index (χ2v) is 3.64. The average Bonchev–Trinajstić information content (AvgIpc) is 2.68. The first-order valence-corrected chi connectivity index (χ1v) is 5.26. The molecule has 4 N–H and O–H groups in total. The third-order valence-corrected chi connectivity index (χ3v) is 2.35. The predicted octanol–water partition coefficient (Wildman–Crippen LogP) is 1.12. The third-order valence-electron chi connectivity index (χ3n) is 2.35. The molecule has 2 heterocycles. The Morgan fingerprint density at radius 2 is 2.17 bits per heavy atom. The number of rotatable bonds is 4. The highest BCUT2D eigenvalue weighted by Crippen LogP contribution is 2.14. The molecule has 0 aliphatic heterocycles. The lowest BCUT2D eigenvalue weighted by Gasteiger charge is -2.05. The Morgan fingerprint density at radius 1 is 1.39 bits per heavy atom. The number of hydrogen-bond acceptors (Lipinski definition) is 7. The van der Waals surface area contributed by atoms with Crippen LogP contribution in [0.2, 0.25) is 0 Å². The van der Waals surface area contributed by atoms with Crippen LogP contribution in [0, 0.1) is 19.7 Å². The summed E-state index contributed by atoms with van der Waals surface area (Å²) in [5, 5.41) is 2.77. The lowest BCUT2D eigenvalue weighted by Crippen LogP contribution is -2.13. The van der Waals surface area contributed by atoms with Gasteiger partial charge in [0.2, 0.25) is 11.8 Å². The fourth-order valence-electron chi connectivity index (χ4n) is 1.33. The molecule has 18 heavy (non-hydrogen) atoms. The van der Waals surface area contributed by atoms with Gasteiger partial charge in [-0.05, 0) is 13.8 Å². The molecule has 0 bridgehead atoms. The zero-order chi connectivity index (χ0) is 13.1.